The minimum atomic E-state index is -0.153. The fourth-order valence-corrected chi connectivity index (χ4v) is 5.56. The van der Waals surface area contributed by atoms with E-state index in [0.717, 1.165) is 46.5 Å². The number of hydrogen-bond donors (Lipinski definition) is 2. The molecule has 0 spiro atoms. The van der Waals surface area contributed by atoms with Crippen LogP contribution in [0.5, 0.6) is 0 Å². The van der Waals surface area contributed by atoms with Crippen LogP contribution in [0.4, 0.5) is 5.82 Å². The third kappa shape index (κ3) is 4.75. The van der Waals surface area contributed by atoms with Crippen molar-refractivity contribution < 1.29 is 4.79 Å². The molecule has 0 fully saturated rings. The lowest BCUT2D eigenvalue weighted by Crippen LogP contribution is -2.22. The molecule has 8 heteroatoms. The van der Waals surface area contributed by atoms with Gasteiger partial charge in [-0.05, 0) is 41.8 Å². The Bertz CT molecular complexity index is 1550. The second kappa shape index (κ2) is 9.99. The molecule has 3 aromatic heterocycles. The summed E-state index contributed by atoms with van der Waals surface area (Å²) in [5, 5.41) is 9.75. The molecule has 0 bridgehead atoms. The number of aryl methyl sites for hydroxylation is 1. The molecule has 184 valence electrons. The maximum atomic E-state index is 13.5. The predicted molar refractivity (Wildman–Crippen MR) is 145 cm³/mol. The Morgan fingerprint density at radius 3 is 2.41 bits per heavy atom. The summed E-state index contributed by atoms with van der Waals surface area (Å²) in [4.78, 5) is 34.7. The molecule has 5 aromatic rings. The molecule has 6 rings (SSSR count). The quantitative estimate of drug-likeness (QED) is 0.311. The molecule has 7 nitrogen and oxygen atoms in total. The molecule has 3 heterocycles. The van der Waals surface area contributed by atoms with Crippen molar-refractivity contribution in [3.05, 3.63) is 117 Å². The highest BCUT2D eigenvalue weighted by Gasteiger charge is 2.23. The van der Waals surface area contributed by atoms with E-state index >= 15 is 0 Å². The molecule has 1 aliphatic rings. The largest absolute Gasteiger partial charge is 0.310 e. The average molecular weight is 508 g/mol. The van der Waals surface area contributed by atoms with Crippen molar-refractivity contribution in [1.82, 2.24) is 19.7 Å². The first kappa shape index (κ1) is 23.1. The summed E-state index contributed by atoms with van der Waals surface area (Å²) in [6.07, 6.45) is 2.67. The standard InChI is InChI=1S/C29H25N5O2S/c35-27(17-22(19-9-3-1-4-10-19)20-11-5-2-6-12-20)31-26-18-24(25-15-8-16-37-25)33-34(26)29-30-23-14-7-13-21(23)28(36)32-29/h1-6,8-12,15-16,18,22H,7,13-14,17H2,(H,31,35)(H,30,32,36). The van der Waals surface area contributed by atoms with Crippen molar-refractivity contribution in [1.29, 1.82) is 0 Å². The van der Waals surface area contributed by atoms with Crippen LogP contribution in [-0.2, 0) is 17.6 Å². The van der Waals surface area contributed by atoms with E-state index < -0.39 is 0 Å². The van der Waals surface area contributed by atoms with Crippen LogP contribution in [0.2, 0.25) is 0 Å². The average Bonchev–Trinajstić information content (AvgIpc) is 3.69. The lowest BCUT2D eigenvalue weighted by atomic mass is 9.88. The zero-order chi connectivity index (χ0) is 25.2. The second-order valence-corrected chi connectivity index (χ2v) is 10.0. The number of hydrogen-bond acceptors (Lipinski definition) is 5. The van der Waals surface area contributed by atoms with Crippen LogP contribution in [-0.4, -0.2) is 25.7 Å². The van der Waals surface area contributed by atoms with Gasteiger partial charge in [0.25, 0.3) is 5.56 Å². The van der Waals surface area contributed by atoms with Gasteiger partial charge in [-0.3, -0.25) is 14.6 Å². The van der Waals surface area contributed by atoms with Crippen LogP contribution in [0.15, 0.2) is 89.0 Å². The number of aromatic nitrogens is 4. The van der Waals surface area contributed by atoms with Gasteiger partial charge >= 0.3 is 0 Å². The Balaban J connectivity index is 1.35. The predicted octanol–water partition coefficient (Wildman–Crippen LogP) is 5.33. The number of nitrogens with zero attached hydrogens (tertiary/aromatic N) is 3. The molecular formula is C29H25N5O2S. The first-order chi connectivity index (χ1) is 18.2. The fraction of sp³-hybridized carbons (Fsp3) is 0.172. The van der Waals surface area contributed by atoms with Gasteiger partial charge in [0.15, 0.2) is 0 Å². The van der Waals surface area contributed by atoms with Gasteiger partial charge in [0.05, 0.1) is 10.6 Å². The van der Waals surface area contributed by atoms with Crippen LogP contribution in [0.1, 0.15) is 41.1 Å². The minimum Gasteiger partial charge on any atom is -0.310 e. The van der Waals surface area contributed by atoms with Crippen LogP contribution >= 0.6 is 11.3 Å². The van der Waals surface area contributed by atoms with Crippen LogP contribution in [0.25, 0.3) is 16.5 Å². The molecule has 1 amide bonds. The molecule has 0 radical (unpaired) electrons. The lowest BCUT2D eigenvalue weighted by Gasteiger charge is -2.18. The molecule has 0 saturated heterocycles. The number of fused-ring (bicyclic) bond motifs is 1. The summed E-state index contributed by atoms with van der Waals surface area (Å²) in [6.45, 7) is 0. The lowest BCUT2D eigenvalue weighted by molar-refractivity contribution is -0.116. The van der Waals surface area contributed by atoms with Gasteiger partial charge in [0.2, 0.25) is 11.9 Å². The third-order valence-electron chi connectivity index (χ3n) is 6.67. The SMILES string of the molecule is O=C(CC(c1ccccc1)c1ccccc1)Nc1cc(-c2cccs2)nn1-c1nc2c(c(=O)[nH]1)CCC2. The van der Waals surface area contributed by atoms with Crippen molar-refractivity contribution >= 4 is 23.1 Å². The summed E-state index contributed by atoms with van der Waals surface area (Å²) in [7, 11) is 0. The number of carbonyl (C=O) groups excluding carboxylic acids is 1. The Morgan fingerprint density at radius 2 is 1.73 bits per heavy atom. The Hall–Kier alpha value is -4.30. The first-order valence-corrected chi connectivity index (χ1v) is 13.2. The van der Waals surface area contributed by atoms with Gasteiger partial charge in [0, 0.05) is 24.0 Å². The highest BCUT2D eigenvalue weighted by molar-refractivity contribution is 7.13. The number of benzene rings is 2. The van der Waals surface area contributed by atoms with E-state index in [1.54, 1.807) is 11.3 Å². The summed E-state index contributed by atoms with van der Waals surface area (Å²) in [6, 6.07) is 25.8. The molecule has 0 unspecified atom stereocenters. The molecule has 0 atom stereocenters. The Morgan fingerprint density at radius 1 is 1.00 bits per heavy atom. The zero-order valence-electron chi connectivity index (χ0n) is 20.1. The number of nitrogens with one attached hydrogen (secondary N) is 2. The molecular weight excluding hydrogens is 482 g/mol. The van der Waals surface area contributed by atoms with Crippen LogP contribution in [0, 0.1) is 0 Å². The summed E-state index contributed by atoms with van der Waals surface area (Å²) < 4.78 is 1.53. The Labute approximate surface area is 217 Å². The molecule has 37 heavy (non-hydrogen) atoms. The summed E-state index contributed by atoms with van der Waals surface area (Å²) in [5.74, 6) is 0.523. The highest BCUT2D eigenvalue weighted by atomic mass is 32.1. The topological polar surface area (TPSA) is 92.7 Å². The van der Waals surface area contributed by atoms with Gasteiger partial charge < -0.3 is 5.32 Å². The van der Waals surface area contributed by atoms with E-state index in [-0.39, 0.29) is 23.8 Å². The van der Waals surface area contributed by atoms with E-state index in [0.29, 0.717) is 17.5 Å². The number of anilines is 1. The van der Waals surface area contributed by atoms with E-state index in [9.17, 15) is 9.59 Å². The van der Waals surface area contributed by atoms with E-state index in [4.69, 9.17) is 10.1 Å². The molecule has 2 N–H and O–H groups in total. The zero-order valence-corrected chi connectivity index (χ0v) is 20.9. The van der Waals surface area contributed by atoms with E-state index in [1.165, 1.54) is 4.68 Å². The van der Waals surface area contributed by atoms with Gasteiger partial charge in [-0.15, -0.1) is 11.3 Å². The van der Waals surface area contributed by atoms with Crippen molar-refractivity contribution in [2.75, 3.05) is 5.32 Å². The van der Waals surface area contributed by atoms with Gasteiger partial charge in [-0.1, -0.05) is 66.7 Å². The Kier molecular flexibility index (Phi) is 6.24. The number of aromatic amines is 1. The maximum absolute atomic E-state index is 13.5. The fourth-order valence-electron chi connectivity index (χ4n) is 4.88. The van der Waals surface area contributed by atoms with E-state index in [2.05, 4.69) is 10.3 Å². The summed E-state index contributed by atoms with van der Waals surface area (Å²) >= 11 is 1.56. The van der Waals surface area contributed by atoms with Crippen molar-refractivity contribution in [2.24, 2.45) is 0 Å². The van der Waals surface area contributed by atoms with E-state index in [1.807, 2.05) is 84.2 Å². The van der Waals surface area contributed by atoms with Crippen molar-refractivity contribution in [3.63, 3.8) is 0 Å². The van der Waals surface area contributed by atoms with Gasteiger partial charge in [0.1, 0.15) is 11.5 Å². The number of H-pyrrole nitrogens is 1. The first-order valence-electron chi connectivity index (χ1n) is 12.3. The number of thiophene rings is 1. The maximum Gasteiger partial charge on any atom is 0.255 e. The highest BCUT2D eigenvalue weighted by Crippen LogP contribution is 2.30. The smallest absolute Gasteiger partial charge is 0.255 e. The normalized spacial score (nSPS) is 12.6. The second-order valence-electron chi connectivity index (χ2n) is 9.10. The van der Waals surface area contributed by atoms with Crippen molar-refractivity contribution in [2.45, 2.75) is 31.6 Å². The molecule has 1 aliphatic carbocycles. The molecule has 0 aliphatic heterocycles. The van der Waals surface area contributed by atoms with Crippen LogP contribution in [0.3, 0.4) is 0 Å². The van der Waals surface area contributed by atoms with Gasteiger partial charge in [-0.25, -0.2) is 4.98 Å². The monoisotopic (exact) mass is 507 g/mol. The minimum absolute atomic E-state index is 0.103. The number of amides is 1. The number of carbonyl (C=O) groups is 1. The number of rotatable bonds is 7. The van der Waals surface area contributed by atoms with Crippen molar-refractivity contribution in [3.8, 4) is 16.5 Å². The molecule has 0 saturated carbocycles. The summed E-state index contributed by atoms with van der Waals surface area (Å²) in [5.41, 5.74) is 4.25. The van der Waals surface area contributed by atoms with Gasteiger partial charge in [-0.2, -0.15) is 9.78 Å². The molecule has 2 aromatic carbocycles. The third-order valence-corrected chi connectivity index (χ3v) is 7.57. The van der Waals surface area contributed by atoms with Crippen LogP contribution < -0.4 is 10.9 Å².